The second-order valence-electron chi connectivity index (χ2n) is 2.91. The molecule has 1 N–H and O–H groups in total. The van der Waals surface area contributed by atoms with E-state index in [-0.39, 0.29) is 12.0 Å². The van der Waals surface area contributed by atoms with Gasteiger partial charge in [0, 0.05) is 4.90 Å². The zero-order valence-corrected chi connectivity index (χ0v) is 8.95. The average molecular weight is 226 g/mol. The molecule has 0 saturated heterocycles. The van der Waals surface area contributed by atoms with Gasteiger partial charge in [0.1, 0.15) is 0 Å². The van der Waals surface area contributed by atoms with Gasteiger partial charge in [-0.2, -0.15) is 0 Å². The molecule has 1 aromatic rings. The van der Waals surface area contributed by atoms with E-state index in [4.69, 9.17) is 5.11 Å². The molecule has 0 aliphatic carbocycles. The standard InChI is InChI=1S/C10H10O4S/c1-14-10(13)7-4-6(5-9(11)12)2-3-8(7)15/h2-4,15H,5H2,1H3,(H,11,12). The van der Waals surface area contributed by atoms with E-state index < -0.39 is 11.9 Å². The maximum Gasteiger partial charge on any atom is 0.338 e. The minimum atomic E-state index is -0.947. The molecule has 0 unspecified atom stereocenters. The number of esters is 1. The van der Waals surface area contributed by atoms with Crippen molar-refractivity contribution in [3.63, 3.8) is 0 Å². The fraction of sp³-hybridized carbons (Fsp3) is 0.200. The second kappa shape index (κ2) is 4.84. The Morgan fingerprint density at radius 2 is 2.13 bits per heavy atom. The summed E-state index contributed by atoms with van der Waals surface area (Å²) < 4.78 is 4.54. The SMILES string of the molecule is COC(=O)c1cc(CC(=O)O)ccc1S. The molecule has 4 nitrogen and oxygen atoms in total. The lowest BCUT2D eigenvalue weighted by molar-refractivity contribution is -0.136. The minimum absolute atomic E-state index is 0.127. The molecule has 0 aliphatic heterocycles. The number of carbonyl (C=O) groups excluding carboxylic acids is 1. The van der Waals surface area contributed by atoms with E-state index >= 15 is 0 Å². The first-order valence-corrected chi connectivity index (χ1v) is 4.61. The number of carboxylic acids is 1. The first kappa shape index (κ1) is 11.6. The molecule has 80 valence electrons. The van der Waals surface area contributed by atoms with E-state index in [1.54, 1.807) is 12.1 Å². The molecule has 0 radical (unpaired) electrons. The molecule has 0 bridgehead atoms. The molecular formula is C10H10O4S. The van der Waals surface area contributed by atoms with Gasteiger partial charge in [-0.15, -0.1) is 12.6 Å². The summed E-state index contributed by atoms with van der Waals surface area (Å²) in [6.45, 7) is 0. The van der Waals surface area contributed by atoms with Crippen LogP contribution in [-0.4, -0.2) is 24.2 Å². The van der Waals surface area contributed by atoms with E-state index in [1.165, 1.54) is 13.2 Å². The highest BCUT2D eigenvalue weighted by molar-refractivity contribution is 7.80. The van der Waals surface area contributed by atoms with E-state index in [0.29, 0.717) is 10.5 Å². The Labute approximate surface area is 92.3 Å². The minimum Gasteiger partial charge on any atom is -0.481 e. The van der Waals surface area contributed by atoms with Crippen molar-refractivity contribution < 1.29 is 19.4 Å². The van der Waals surface area contributed by atoms with Crippen LogP contribution in [0.5, 0.6) is 0 Å². The van der Waals surface area contributed by atoms with Gasteiger partial charge in [-0.05, 0) is 17.7 Å². The van der Waals surface area contributed by atoms with Crippen molar-refractivity contribution in [1.29, 1.82) is 0 Å². The van der Waals surface area contributed by atoms with Crippen LogP contribution in [0.2, 0.25) is 0 Å². The number of hydrogen-bond acceptors (Lipinski definition) is 4. The molecule has 0 saturated carbocycles. The maximum absolute atomic E-state index is 11.3. The van der Waals surface area contributed by atoms with Crippen LogP contribution in [0.1, 0.15) is 15.9 Å². The van der Waals surface area contributed by atoms with Crippen LogP contribution in [-0.2, 0) is 16.0 Å². The quantitative estimate of drug-likeness (QED) is 0.604. The fourth-order valence-electron chi connectivity index (χ4n) is 1.14. The highest BCUT2D eigenvalue weighted by Crippen LogP contribution is 2.17. The molecular weight excluding hydrogens is 216 g/mol. The van der Waals surface area contributed by atoms with E-state index in [2.05, 4.69) is 17.4 Å². The number of rotatable bonds is 3. The Hall–Kier alpha value is -1.49. The van der Waals surface area contributed by atoms with Crippen molar-refractivity contribution in [1.82, 2.24) is 0 Å². The summed E-state index contributed by atoms with van der Waals surface area (Å²) in [5.41, 5.74) is 0.820. The van der Waals surface area contributed by atoms with Crippen LogP contribution in [0, 0.1) is 0 Å². The molecule has 0 heterocycles. The molecule has 0 atom stereocenters. The van der Waals surface area contributed by atoms with Crippen LogP contribution in [0.15, 0.2) is 23.1 Å². The van der Waals surface area contributed by atoms with Crippen LogP contribution in [0.25, 0.3) is 0 Å². The molecule has 1 aromatic carbocycles. The van der Waals surface area contributed by atoms with Gasteiger partial charge in [-0.3, -0.25) is 4.79 Å². The molecule has 0 aromatic heterocycles. The van der Waals surface area contributed by atoms with Gasteiger partial charge in [-0.1, -0.05) is 6.07 Å². The highest BCUT2D eigenvalue weighted by atomic mass is 32.1. The predicted molar refractivity (Wildman–Crippen MR) is 56.4 cm³/mol. The fourth-order valence-corrected chi connectivity index (χ4v) is 1.37. The largest absolute Gasteiger partial charge is 0.481 e. The lowest BCUT2D eigenvalue weighted by atomic mass is 10.1. The summed E-state index contributed by atoms with van der Waals surface area (Å²) in [5, 5.41) is 8.59. The topological polar surface area (TPSA) is 63.6 Å². The zero-order valence-electron chi connectivity index (χ0n) is 8.06. The van der Waals surface area contributed by atoms with Gasteiger partial charge in [0.15, 0.2) is 0 Å². The van der Waals surface area contributed by atoms with Crippen molar-refractivity contribution in [2.24, 2.45) is 0 Å². The van der Waals surface area contributed by atoms with Gasteiger partial charge in [0.25, 0.3) is 0 Å². The van der Waals surface area contributed by atoms with Crippen LogP contribution in [0.3, 0.4) is 0 Å². The van der Waals surface area contributed by atoms with Crippen molar-refractivity contribution in [2.45, 2.75) is 11.3 Å². The summed E-state index contributed by atoms with van der Waals surface area (Å²) in [4.78, 5) is 22.2. The lowest BCUT2D eigenvalue weighted by Gasteiger charge is -2.04. The lowest BCUT2D eigenvalue weighted by Crippen LogP contribution is -2.05. The smallest absolute Gasteiger partial charge is 0.338 e. The summed E-state index contributed by atoms with van der Waals surface area (Å²) in [7, 11) is 1.26. The summed E-state index contributed by atoms with van der Waals surface area (Å²) in [6, 6.07) is 4.67. The van der Waals surface area contributed by atoms with E-state index in [0.717, 1.165) is 0 Å². The number of carboxylic acid groups (broad SMARTS) is 1. The molecule has 0 spiro atoms. The van der Waals surface area contributed by atoms with Crippen molar-refractivity contribution in [3.05, 3.63) is 29.3 Å². The number of methoxy groups -OCH3 is 1. The first-order chi connectivity index (χ1) is 7.04. The summed E-state index contributed by atoms with van der Waals surface area (Å²) >= 11 is 4.08. The number of thiol groups is 1. The van der Waals surface area contributed by atoms with Gasteiger partial charge in [-0.25, -0.2) is 4.79 Å². The monoisotopic (exact) mass is 226 g/mol. The van der Waals surface area contributed by atoms with Gasteiger partial charge >= 0.3 is 11.9 Å². The normalized spacial score (nSPS) is 9.73. The average Bonchev–Trinajstić information content (AvgIpc) is 2.19. The molecule has 0 amide bonds. The van der Waals surface area contributed by atoms with Gasteiger partial charge in [0.05, 0.1) is 19.1 Å². The van der Waals surface area contributed by atoms with E-state index in [9.17, 15) is 9.59 Å². The Balaban J connectivity index is 3.05. The zero-order chi connectivity index (χ0) is 11.4. The number of ether oxygens (including phenoxy) is 1. The highest BCUT2D eigenvalue weighted by Gasteiger charge is 2.11. The second-order valence-corrected chi connectivity index (χ2v) is 3.40. The van der Waals surface area contributed by atoms with Crippen LogP contribution in [0.4, 0.5) is 0 Å². The van der Waals surface area contributed by atoms with Crippen molar-refractivity contribution in [2.75, 3.05) is 7.11 Å². The molecule has 15 heavy (non-hydrogen) atoms. The van der Waals surface area contributed by atoms with Crippen LogP contribution < -0.4 is 0 Å². The number of hydrogen-bond donors (Lipinski definition) is 2. The molecule has 0 fully saturated rings. The van der Waals surface area contributed by atoms with Gasteiger partial charge in [0.2, 0.25) is 0 Å². The Morgan fingerprint density at radius 3 is 2.67 bits per heavy atom. The van der Waals surface area contributed by atoms with Crippen molar-refractivity contribution in [3.8, 4) is 0 Å². The Morgan fingerprint density at radius 1 is 1.47 bits per heavy atom. The number of benzene rings is 1. The number of aliphatic carboxylic acids is 1. The number of carbonyl (C=O) groups is 2. The third kappa shape index (κ3) is 2.99. The van der Waals surface area contributed by atoms with Gasteiger partial charge < -0.3 is 9.84 Å². The Kier molecular flexibility index (Phi) is 3.74. The molecule has 0 aliphatic rings. The first-order valence-electron chi connectivity index (χ1n) is 4.16. The summed E-state index contributed by atoms with van der Waals surface area (Å²) in [5.74, 6) is -1.47. The molecule has 1 rings (SSSR count). The third-order valence-corrected chi connectivity index (χ3v) is 2.21. The van der Waals surface area contributed by atoms with Crippen LogP contribution >= 0.6 is 12.6 Å². The molecule has 5 heteroatoms. The summed E-state index contributed by atoms with van der Waals surface area (Å²) in [6.07, 6.45) is -0.127. The Bertz CT molecular complexity index is 400. The predicted octanol–water partition coefficient (Wildman–Crippen LogP) is 1.39. The maximum atomic E-state index is 11.3. The van der Waals surface area contributed by atoms with E-state index in [1.807, 2.05) is 0 Å². The third-order valence-electron chi connectivity index (χ3n) is 1.82. The van der Waals surface area contributed by atoms with Crippen molar-refractivity contribution >= 4 is 24.6 Å².